The highest BCUT2D eigenvalue weighted by Gasteiger charge is 2.24. The Hall–Kier alpha value is -0.660. The lowest BCUT2D eigenvalue weighted by Crippen LogP contribution is -2.40. The molecule has 1 heterocycles. The lowest BCUT2D eigenvalue weighted by Gasteiger charge is -2.22. The van der Waals surface area contributed by atoms with Crippen molar-refractivity contribution in [1.82, 2.24) is 4.90 Å². The van der Waals surface area contributed by atoms with Crippen LogP contribution in [0, 0.1) is 10.5 Å². The van der Waals surface area contributed by atoms with Gasteiger partial charge in [0.05, 0.1) is 6.54 Å². The molecule has 0 aromatic heterocycles. The van der Waals surface area contributed by atoms with Crippen LogP contribution in [0.1, 0.15) is 18.4 Å². The van der Waals surface area contributed by atoms with Gasteiger partial charge < -0.3 is 11.1 Å². The van der Waals surface area contributed by atoms with Gasteiger partial charge in [-0.3, -0.25) is 9.69 Å². The summed E-state index contributed by atoms with van der Waals surface area (Å²) in [4.78, 5) is 14.2. The Bertz CT molecular complexity index is 464. The zero-order chi connectivity index (χ0) is 13.8. The summed E-state index contributed by atoms with van der Waals surface area (Å²) in [5.41, 5.74) is 7.71. The number of carbonyl (C=O) groups excluding carboxylic acids is 1. The number of hydrogen-bond acceptors (Lipinski definition) is 3. The van der Waals surface area contributed by atoms with Crippen molar-refractivity contribution in [3.63, 3.8) is 0 Å². The van der Waals surface area contributed by atoms with Gasteiger partial charge in [-0.1, -0.05) is 0 Å². The molecule has 1 unspecified atom stereocenters. The number of anilines is 1. The highest BCUT2D eigenvalue weighted by molar-refractivity contribution is 14.1. The van der Waals surface area contributed by atoms with Gasteiger partial charge in [-0.25, -0.2) is 0 Å². The van der Waals surface area contributed by atoms with E-state index in [1.165, 1.54) is 3.57 Å². The van der Waals surface area contributed by atoms with Crippen molar-refractivity contribution in [2.45, 2.75) is 25.8 Å². The van der Waals surface area contributed by atoms with Crippen LogP contribution in [-0.2, 0) is 4.79 Å². The molecule has 0 aliphatic carbocycles. The monoisotopic (exact) mass is 373 g/mol. The Morgan fingerprint density at radius 2 is 2.37 bits per heavy atom. The third-order valence-electron chi connectivity index (χ3n) is 3.58. The van der Waals surface area contributed by atoms with E-state index in [0.717, 1.165) is 30.6 Å². The molecule has 104 valence electrons. The topological polar surface area (TPSA) is 58.4 Å². The smallest absolute Gasteiger partial charge is 0.238 e. The summed E-state index contributed by atoms with van der Waals surface area (Å²) in [6.07, 6.45) is 2.24. The minimum Gasteiger partial charge on any atom is -0.329 e. The van der Waals surface area contributed by atoms with E-state index >= 15 is 0 Å². The van der Waals surface area contributed by atoms with Gasteiger partial charge in [-0.05, 0) is 72.7 Å². The molecule has 0 bridgehead atoms. The third kappa shape index (κ3) is 3.90. The third-order valence-corrected chi connectivity index (χ3v) is 4.25. The van der Waals surface area contributed by atoms with Gasteiger partial charge in [-0.2, -0.15) is 0 Å². The Labute approximate surface area is 127 Å². The maximum atomic E-state index is 12.1. The molecule has 1 saturated heterocycles. The number of rotatable bonds is 4. The highest BCUT2D eigenvalue weighted by Crippen LogP contribution is 2.19. The van der Waals surface area contributed by atoms with Crippen LogP contribution in [-0.4, -0.2) is 36.5 Å². The Morgan fingerprint density at radius 3 is 3.05 bits per heavy atom. The Balaban J connectivity index is 1.94. The number of benzene rings is 1. The van der Waals surface area contributed by atoms with Crippen LogP contribution < -0.4 is 11.1 Å². The van der Waals surface area contributed by atoms with E-state index in [2.05, 4.69) is 38.9 Å². The number of halogens is 1. The van der Waals surface area contributed by atoms with E-state index in [9.17, 15) is 4.79 Å². The maximum Gasteiger partial charge on any atom is 0.238 e. The van der Waals surface area contributed by atoms with Crippen molar-refractivity contribution >= 4 is 34.2 Å². The zero-order valence-corrected chi connectivity index (χ0v) is 13.3. The normalized spacial score (nSPS) is 19.6. The van der Waals surface area contributed by atoms with Gasteiger partial charge in [0.1, 0.15) is 0 Å². The first-order chi connectivity index (χ1) is 9.10. The van der Waals surface area contributed by atoms with Gasteiger partial charge in [0.15, 0.2) is 0 Å². The second-order valence-electron chi connectivity index (χ2n) is 5.01. The summed E-state index contributed by atoms with van der Waals surface area (Å²) in [5, 5.41) is 2.98. The van der Waals surface area contributed by atoms with Crippen molar-refractivity contribution in [3.8, 4) is 0 Å². The molecule has 5 heteroatoms. The molecule has 3 N–H and O–H groups in total. The molecule has 1 aliphatic rings. The predicted octanol–water partition coefficient (Wildman–Crippen LogP) is 1.96. The quantitative estimate of drug-likeness (QED) is 0.794. The van der Waals surface area contributed by atoms with Crippen molar-refractivity contribution in [2.75, 3.05) is 25.0 Å². The van der Waals surface area contributed by atoms with E-state index in [0.29, 0.717) is 19.1 Å². The van der Waals surface area contributed by atoms with E-state index < -0.39 is 0 Å². The molecule has 1 aromatic carbocycles. The Kier molecular flexibility index (Phi) is 5.18. The van der Waals surface area contributed by atoms with Crippen molar-refractivity contribution in [2.24, 2.45) is 5.73 Å². The van der Waals surface area contributed by atoms with Gasteiger partial charge in [-0.15, -0.1) is 0 Å². The second-order valence-corrected chi connectivity index (χ2v) is 6.26. The SMILES string of the molecule is Cc1cc(I)ccc1NC(=O)CN1CCCC1CN. The summed E-state index contributed by atoms with van der Waals surface area (Å²) in [7, 11) is 0. The number of likely N-dealkylation sites (tertiary alicyclic amines) is 1. The summed E-state index contributed by atoms with van der Waals surface area (Å²) < 4.78 is 1.18. The number of nitrogens with zero attached hydrogens (tertiary/aromatic N) is 1. The maximum absolute atomic E-state index is 12.1. The lowest BCUT2D eigenvalue weighted by molar-refractivity contribution is -0.117. The van der Waals surface area contributed by atoms with E-state index in [1.807, 2.05) is 19.1 Å². The van der Waals surface area contributed by atoms with Gasteiger partial charge in [0, 0.05) is 21.8 Å². The average molecular weight is 373 g/mol. The molecule has 0 spiro atoms. The zero-order valence-electron chi connectivity index (χ0n) is 11.2. The first-order valence-corrected chi connectivity index (χ1v) is 7.68. The van der Waals surface area contributed by atoms with Crippen molar-refractivity contribution in [3.05, 3.63) is 27.3 Å². The van der Waals surface area contributed by atoms with Crippen LogP contribution in [0.4, 0.5) is 5.69 Å². The molecule has 1 aromatic rings. The van der Waals surface area contributed by atoms with Crippen LogP contribution in [0.3, 0.4) is 0 Å². The predicted molar refractivity (Wildman–Crippen MR) is 86.2 cm³/mol. The average Bonchev–Trinajstić information content (AvgIpc) is 2.80. The van der Waals surface area contributed by atoms with Crippen LogP contribution in [0.25, 0.3) is 0 Å². The van der Waals surface area contributed by atoms with E-state index in [-0.39, 0.29) is 5.91 Å². The summed E-state index contributed by atoms with van der Waals surface area (Å²) in [6.45, 7) is 4.06. The standard InChI is InChI=1S/C14H20IN3O/c1-10-7-11(15)4-5-13(10)17-14(19)9-18-6-2-3-12(18)8-16/h4-5,7,12H,2-3,6,8-9,16H2,1H3,(H,17,19). The second kappa shape index (κ2) is 6.67. The number of amides is 1. The molecule has 1 fully saturated rings. The molecule has 4 nitrogen and oxygen atoms in total. The molecule has 0 radical (unpaired) electrons. The summed E-state index contributed by atoms with van der Waals surface area (Å²) >= 11 is 2.27. The van der Waals surface area contributed by atoms with E-state index in [1.54, 1.807) is 0 Å². The minimum atomic E-state index is 0.0460. The molecule has 1 atom stereocenters. The molecule has 1 amide bonds. The van der Waals surface area contributed by atoms with Crippen molar-refractivity contribution < 1.29 is 4.79 Å². The summed E-state index contributed by atoms with van der Waals surface area (Å²) in [6, 6.07) is 6.39. The van der Waals surface area contributed by atoms with E-state index in [4.69, 9.17) is 5.73 Å². The van der Waals surface area contributed by atoms with Gasteiger partial charge in [0.25, 0.3) is 0 Å². The lowest BCUT2D eigenvalue weighted by atomic mass is 10.2. The molecule has 2 rings (SSSR count). The highest BCUT2D eigenvalue weighted by atomic mass is 127. The molecule has 19 heavy (non-hydrogen) atoms. The van der Waals surface area contributed by atoms with Crippen LogP contribution in [0.2, 0.25) is 0 Å². The van der Waals surface area contributed by atoms with Crippen molar-refractivity contribution in [1.29, 1.82) is 0 Å². The van der Waals surface area contributed by atoms with Crippen LogP contribution >= 0.6 is 22.6 Å². The molecular weight excluding hydrogens is 353 g/mol. The number of nitrogens with one attached hydrogen (secondary N) is 1. The number of carbonyl (C=O) groups is 1. The fourth-order valence-corrected chi connectivity index (χ4v) is 3.16. The molecular formula is C14H20IN3O. The molecule has 0 saturated carbocycles. The van der Waals surface area contributed by atoms with Crippen LogP contribution in [0.5, 0.6) is 0 Å². The van der Waals surface area contributed by atoms with Gasteiger partial charge >= 0.3 is 0 Å². The number of hydrogen-bond donors (Lipinski definition) is 2. The minimum absolute atomic E-state index is 0.0460. The molecule has 1 aliphatic heterocycles. The first-order valence-electron chi connectivity index (χ1n) is 6.60. The fourth-order valence-electron chi connectivity index (χ4n) is 2.51. The first kappa shape index (κ1) is 14.7. The summed E-state index contributed by atoms with van der Waals surface area (Å²) in [5.74, 6) is 0.0460. The van der Waals surface area contributed by atoms with Crippen LogP contribution in [0.15, 0.2) is 18.2 Å². The number of aryl methyl sites for hydroxylation is 1. The Morgan fingerprint density at radius 1 is 1.58 bits per heavy atom. The number of nitrogens with two attached hydrogens (primary N) is 1. The largest absolute Gasteiger partial charge is 0.329 e. The fraction of sp³-hybridized carbons (Fsp3) is 0.500. The van der Waals surface area contributed by atoms with Gasteiger partial charge in [0.2, 0.25) is 5.91 Å².